The van der Waals surface area contributed by atoms with Crippen molar-refractivity contribution in [2.45, 2.75) is 84.3 Å². The molecular weight excluding hydrogens is 296 g/mol. The molecule has 4 fully saturated rings. The minimum absolute atomic E-state index is 0.339. The summed E-state index contributed by atoms with van der Waals surface area (Å²) in [4.78, 5) is 0. The molecule has 2 heteroatoms. The molecule has 0 aromatic carbocycles. The van der Waals surface area contributed by atoms with Crippen molar-refractivity contribution in [2.75, 3.05) is 6.79 Å². The SMILES string of the molecule is CC[C@H]1CCC2C3CC=C4CC5OCO[C@@H]5C[C@]4(C)C3CC[C@@]21C. The summed E-state index contributed by atoms with van der Waals surface area (Å²) < 4.78 is 11.8. The van der Waals surface area contributed by atoms with Crippen LogP contribution in [0.25, 0.3) is 0 Å². The second-order valence-corrected chi connectivity index (χ2v) is 9.92. The van der Waals surface area contributed by atoms with Crippen molar-refractivity contribution in [1.29, 1.82) is 0 Å². The lowest BCUT2D eigenvalue weighted by Crippen LogP contribution is -2.52. The summed E-state index contributed by atoms with van der Waals surface area (Å²) in [5.74, 6) is 3.75. The van der Waals surface area contributed by atoms with Gasteiger partial charge in [-0.15, -0.1) is 0 Å². The van der Waals surface area contributed by atoms with Crippen molar-refractivity contribution in [3.63, 3.8) is 0 Å². The van der Waals surface area contributed by atoms with Gasteiger partial charge in [-0.3, -0.25) is 0 Å². The number of fused-ring (bicyclic) bond motifs is 6. The van der Waals surface area contributed by atoms with E-state index in [0.717, 1.165) is 30.1 Å². The summed E-state index contributed by atoms with van der Waals surface area (Å²) in [5.41, 5.74) is 2.72. The average Bonchev–Trinajstić information content (AvgIpc) is 3.14. The Balaban J connectivity index is 1.47. The lowest BCUT2D eigenvalue weighted by Gasteiger charge is -2.58. The molecule has 1 saturated heterocycles. The zero-order valence-electron chi connectivity index (χ0n) is 15.7. The van der Waals surface area contributed by atoms with Gasteiger partial charge in [-0.25, -0.2) is 0 Å². The third-order valence-electron chi connectivity index (χ3n) is 9.34. The van der Waals surface area contributed by atoms with E-state index in [1.807, 2.05) is 0 Å². The molecule has 0 N–H and O–H groups in total. The predicted molar refractivity (Wildman–Crippen MR) is 95.5 cm³/mol. The van der Waals surface area contributed by atoms with E-state index in [-0.39, 0.29) is 0 Å². The van der Waals surface area contributed by atoms with Gasteiger partial charge in [-0.1, -0.05) is 38.8 Å². The fourth-order valence-electron chi connectivity index (χ4n) is 7.98. The molecule has 0 spiro atoms. The Morgan fingerprint density at radius 3 is 2.75 bits per heavy atom. The van der Waals surface area contributed by atoms with E-state index in [4.69, 9.17) is 9.47 Å². The maximum absolute atomic E-state index is 5.94. The normalized spacial score (nSPS) is 56.0. The van der Waals surface area contributed by atoms with Crippen LogP contribution < -0.4 is 0 Å². The highest BCUT2D eigenvalue weighted by molar-refractivity contribution is 5.27. The van der Waals surface area contributed by atoms with Crippen LogP contribution in [0.2, 0.25) is 0 Å². The first-order valence-corrected chi connectivity index (χ1v) is 10.5. The van der Waals surface area contributed by atoms with Crippen LogP contribution in [-0.2, 0) is 9.47 Å². The molecule has 5 rings (SSSR count). The van der Waals surface area contributed by atoms with E-state index in [2.05, 4.69) is 26.8 Å². The number of ether oxygens (including phenoxy) is 2. The smallest absolute Gasteiger partial charge is 0.147 e. The summed E-state index contributed by atoms with van der Waals surface area (Å²) in [5, 5.41) is 0. The monoisotopic (exact) mass is 330 g/mol. The van der Waals surface area contributed by atoms with Crippen molar-refractivity contribution in [3.05, 3.63) is 11.6 Å². The van der Waals surface area contributed by atoms with E-state index >= 15 is 0 Å². The number of hydrogen-bond donors (Lipinski definition) is 0. The number of rotatable bonds is 1. The largest absolute Gasteiger partial charge is 0.349 e. The lowest BCUT2D eigenvalue weighted by atomic mass is 9.47. The van der Waals surface area contributed by atoms with Crippen LogP contribution in [-0.4, -0.2) is 19.0 Å². The number of hydrogen-bond acceptors (Lipinski definition) is 2. The Bertz CT molecular complexity index is 554. The maximum Gasteiger partial charge on any atom is 0.147 e. The fourth-order valence-corrected chi connectivity index (χ4v) is 7.98. The van der Waals surface area contributed by atoms with Crippen LogP contribution in [0.5, 0.6) is 0 Å². The highest BCUT2D eigenvalue weighted by Crippen LogP contribution is 2.66. The van der Waals surface area contributed by atoms with Crippen LogP contribution in [0.3, 0.4) is 0 Å². The molecule has 0 aromatic heterocycles. The molecular formula is C22H34O2. The zero-order chi connectivity index (χ0) is 16.5. The van der Waals surface area contributed by atoms with Crippen molar-refractivity contribution in [2.24, 2.45) is 34.5 Å². The first kappa shape index (κ1) is 15.9. The first-order valence-electron chi connectivity index (χ1n) is 10.5. The molecule has 0 aromatic rings. The summed E-state index contributed by atoms with van der Waals surface area (Å²) in [6.45, 7) is 8.15. The first-order chi connectivity index (χ1) is 11.6. The van der Waals surface area contributed by atoms with Gasteiger partial charge in [0.15, 0.2) is 0 Å². The third-order valence-corrected chi connectivity index (χ3v) is 9.34. The molecule has 3 saturated carbocycles. The second-order valence-electron chi connectivity index (χ2n) is 9.92. The van der Waals surface area contributed by atoms with Crippen molar-refractivity contribution in [1.82, 2.24) is 0 Å². The van der Waals surface area contributed by atoms with Crippen molar-refractivity contribution in [3.8, 4) is 0 Å². The summed E-state index contributed by atoms with van der Waals surface area (Å²) in [6.07, 6.45) is 14.3. The minimum Gasteiger partial charge on any atom is -0.349 e. The molecule has 1 aliphatic heterocycles. The standard InChI is InChI=1S/C22H34O2/c1-4-14-6-8-17-16-7-5-15-11-19-20(24-13-23-19)12-22(15,3)18(16)9-10-21(14,17)2/h5,14,16-20H,4,6-13H2,1-3H3/t14-,16?,17?,18?,19?,20+,21+,22-/m0/s1. The summed E-state index contributed by atoms with van der Waals surface area (Å²) in [7, 11) is 0. The van der Waals surface area contributed by atoms with Crippen LogP contribution in [0.4, 0.5) is 0 Å². The molecule has 2 nitrogen and oxygen atoms in total. The van der Waals surface area contributed by atoms with Crippen molar-refractivity contribution < 1.29 is 9.47 Å². The maximum atomic E-state index is 5.94. The highest BCUT2D eigenvalue weighted by atomic mass is 16.7. The predicted octanol–water partition coefficient (Wildman–Crippen LogP) is 5.33. The zero-order valence-corrected chi connectivity index (χ0v) is 15.7. The van der Waals surface area contributed by atoms with Gasteiger partial charge in [0.25, 0.3) is 0 Å². The van der Waals surface area contributed by atoms with Gasteiger partial charge in [-0.2, -0.15) is 0 Å². The molecule has 4 aliphatic carbocycles. The van der Waals surface area contributed by atoms with Gasteiger partial charge in [0.2, 0.25) is 0 Å². The van der Waals surface area contributed by atoms with Gasteiger partial charge in [0.05, 0.1) is 12.2 Å². The van der Waals surface area contributed by atoms with Gasteiger partial charge in [0.1, 0.15) is 6.79 Å². The fraction of sp³-hybridized carbons (Fsp3) is 0.909. The van der Waals surface area contributed by atoms with Gasteiger partial charge >= 0.3 is 0 Å². The van der Waals surface area contributed by atoms with Crippen LogP contribution in [0.1, 0.15) is 72.1 Å². The van der Waals surface area contributed by atoms with E-state index in [9.17, 15) is 0 Å². The van der Waals surface area contributed by atoms with Crippen LogP contribution in [0, 0.1) is 34.5 Å². The van der Waals surface area contributed by atoms with Crippen LogP contribution >= 0.6 is 0 Å². The van der Waals surface area contributed by atoms with E-state index in [1.165, 1.54) is 44.9 Å². The third kappa shape index (κ3) is 1.96. The highest BCUT2D eigenvalue weighted by Gasteiger charge is 2.59. The van der Waals surface area contributed by atoms with Gasteiger partial charge < -0.3 is 9.47 Å². The summed E-state index contributed by atoms with van der Waals surface area (Å²) in [6, 6.07) is 0. The topological polar surface area (TPSA) is 18.5 Å². The number of allylic oxidation sites excluding steroid dienone is 1. The molecule has 24 heavy (non-hydrogen) atoms. The molecule has 0 radical (unpaired) electrons. The van der Waals surface area contributed by atoms with E-state index < -0.39 is 0 Å². The van der Waals surface area contributed by atoms with Gasteiger partial charge in [-0.05, 0) is 79.4 Å². The lowest BCUT2D eigenvalue weighted by molar-refractivity contribution is -0.0612. The molecule has 5 aliphatic rings. The second kappa shape index (κ2) is 5.33. The molecule has 1 heterocycles. The van der Waals surface area contributed by atoms with Crippen molar-refractivity contribution >= 4 is 0 Å². The molecule has 134 valence electrons. The van der Waals surface area contributed by atoms with E-state index in [1.54, 1.807) is 5.57 Å². The Hall–Kier alpha value is -0.340. The molecule has 0 amide bonds. The molecule has 0 bridgehead atoms. The van der Waals surface area contributed by atoms with Crippen LogP contribution in [0.15, 0.2) is 11.6 Å². The minimum atomic E-state index is 0.339. The van der Waals surface area contributed by atoms with Gasteiger partial charge in [0, 0.05) is 0 Å². The Morgan fingerprint density at radius 1 is 1.08 bits per heavy atom. The average molecular weight is 331 g/mol. The Morgan fingerprint density at radius 2 is 1.92 bits per heavy atom. The molecule has 4 unspecified atom stereocenters. The Labute approximate surface area is 147 Å². The quantitative estimate of drug-likeness (QED) is 0.605. The Kier molecular flexibility index (Phi) is 3.53. The summed E-state index contributed by atoms with van der Waals surface area (Å²) >= 11 is 0. The molecule has 8 atom stereocenters. The van der Waals surface area contributed by atoms with E-state index in [0.29, 0.717) is 29.8 Å².